The van der Waals surface area contributed by atoms with Gasteiger partial charge in [-0.3, -0.25) is 0 Å². The number of para-hydroxylation sites is 2. The minimum Gasteiger partial charge on any atom is -0.242 e. The molecule has 0 aliphatic rings. The highest BCUT2D eigenvalue weighted by molar-refractivity contribution is 7.22. The topological polar surface area (TPSA) is 51.6 Å². The summed E-state index contributed by atoms with van der Waals surface area (Å²) in [5.74, 6) is 0. The molecule has 0 aliphatic carbocycles. The van der Waals surface area contributed by atoms with Crippen molar-refractivity contribution in [1.82, 2.24) is 20.2 Å². The van der Waals surface area contributed by atoms with Gasteiger partial charge in [0.15, 0.2) is 0 Å². The molecule has 5 aromatic rings. The molecule has 5 heteroatoms. The Morgan fingerprint density at radius 1 is 0.833 bits per heavy atom. The second-order valence-electron chi connectivity index (χ2n) is 5.71. The first-order valence-corrected chi connectivity index (χ1v) is 8.50. The van der Waals surface area contributed by atoms with Gasteiger partial charge in [0, 0.05) is 10.3 Å². The van der Waals surface area contributed by atoms with Crippen molar-refractivity contribution in [3.05, 3.63) is 60.2 Å². The molecule has 0 bridgehead atoms. The molecular formula is C19H12N4S. The van der Waals surface area contributed by atoms with E-state index < -0.39 is 0 Å². The first kappa shape index (κ1) is 13.5. The third-order valence-electron chi connectivity index (χ3n) is 4.17. The van der Waals surface area contributed by atoms with Crippen LogP contribution in [0.3, 0.4) is 0 Å². The highest BCUT2D eigenvalue weighted by atomic mass is 32.1. The standard InChI is InChI=1S/C19H12N4S/c1-11-17(16-10-12-6-2-5-9-15(12)24-16)22-23-19-18(11)20-13-7-3-4-8-14(13)21-19/h2-10H,1H3. The van der Waals surface area contributed by atoms with Crippen molar-refractivity contribution in [1.29, 1.82) is 0 Å². The third-order valence-corrected chi connectivity index (χ3v) is 5.29. The average molecular weight is 328 g/mol. The Morgan fingerprint density at radius 3 is 2.42 bits per heavy atom. The monoisotopic (exact) mass is 328 g/mol. The van der Waals surface area contributed by atoms with Gasteiger partial charge in [-0.2, -0.15) is 0 Å². The van der Waals surface area contributed by atoms with Gasteiger partial charge in [-0.25, -0.2) is 9.97 Å². The molecule has 0 saturated carbocycles. The fraction of sp³-hybridized carbons (Fsp3) is 0.0526. The van der Waals surface area contributed by atoms with E-state index in [0.717, 1.165) is 32.7 Å². The van der Waals surface area contributed by atoms with Crippen LogP contribution in [0.5, 0.6) is 0 Å². The molecule has 3 aromatic heterocycles. The fourth-order valence-corrected chi connectivity index (χ4v) is 4.03. The largest absolute Gasteiger partial charge is 0.242 e. The molecule has 0 spiro atoms. The van der Waals surface area contributed by atoms with Crippen molar-refractivity contribution in [3.63, 3.8) is 0 Å². The van der Waals surface area contributed by atoms with Crippen molar-refractivity contribution in [2.45, 2.75) is 6.92 Å². The van der Waals surface area contributed by atoms with Crippen LogP contribution in [0.15, 0.2) is 54.6 Å². The Morgan fingerprint density at radius 2 is 1.58 bits per heavy atom. The minimum absolute atomic E-state index is 0.594. The van der Waals surface area contributed by atoms with Gasteiger partial charge in [-0.1, -0.05) is 30.3 Å². The maximum atomic E-state index is 4.76. The average Bonchev–Trinajstić information content (AvgIpc) is 3.04. The lowest BCUT2D eigenvalue weighted by Crippen LogP contribution is -1.98. The number of benzene rings is 2. The molecule has 114 valence electrons. The lowest BCUT2D eigenvalue weighted by Gasteiger charge is -2.05. The number of thiophene rings is 1. The van der Waals surface area contributed by atoms with E-state index in [2.05, 4.69) is 45.5 Å². The zero-order valence-electron chi connectivity index (χ0n) is 12.9. The van der Waals surface area contributed by atoms with Gasteiger partial charge >= 0.3 is 0 Å². The van der Waals surface area contributed by atoms with Crippen LogP contribution in [-0.2, 0) is 0 Å². The van der Waals surface area contributed by atoms with E-state index in [0.29, 0.717) is 5.65 Å². The van der Waals surface area contributed by atoms with Crippen LogP contribution in [0.1, 0.15) is 5.56 Å². The van der Waals surface area contributed by atoms with Crippen molar-refractivity contribution >= 4 is 43.6 Å². The molecule has 0 unspecified atom stereocenters. The SMILES string of the molecule is Cc1c(-c2cc3ccccc3s2)nnc2nc3ccccc3nc12. The normalized spacial score (nSPS) is 11.5. The second-order valence-corrected chi connectivity index (χ2v) is 6.79. The van der Waals surface area contributed by atoms with Crippen LogP contribution in [0.25, 0.3) is 42.9 Å². The van der Waals surface area contributed by atoms with Crippen LogP contribution in [-0.4, -0.2) is 20.2 Å². The van der Waals surface area contributed by atoms with Gasteiger partial charge in [0.1, 0.15) is 11.2 Å². The van der Waals surface area contributed by atoms with E-state index in [-0.39, 0.29) is 0 Å². The third kappa shape index (κ3) is 1.98. The fourth-order valence-electron chi connectivity index (χ4n) is 2.93. The Labute approximate surface area is 141 Å². The zero-order valence-corrected chi connectivity index (χ0v) is 13.7. The number of aromatic nitrogens is 4. The molecule has 0 aliphatic heterocycles. The van der Waals surface area contributed by atoms with Crippen molar-refractivity contribution in [2.75, 3.05) is 0 Å². The van der Waals surface area contributed by atoms with Gasteiger partial charge in [0.05, 0.1) is 15.9 Å². The maximum absolute atomic E-state index is 4.76. The van der Waals surface area contributed by atoms with Crippen LogP contribution in [0, 0.1) is 6.92 Å². The lowest BCUT2D eigenvalue weighted by atomic mass is 10.1. The van der Waals surface area contributed by atoms with Crippen LogP contribution in [0.4, 0.5) is 0 Å². The first-order chi connectivity index (χ1) is 11.8. The summed E-state index contributed by atoms with van der Waals surface area (Å²) in [4.78, 5) is 10.4. The number of nitrogens with zero attached hydrogens (tertiary/aromatic N) is 4. The van der Waals surface area contributed by atoms with Gasteiger partial charge in [0.2, 0.25) is 5.65 Å². The molecule has 24 heavy (non-hydrogen) atoms. The molecule has 0 saturated heterocycles. The maximum Gasteiger partial charge on any atom is 0.201 e. The van der Waals surface area contributed by atoms with Crippen molar-refractivity contribution in [2.24, 2.45) is 0 Å². The molecule has 3 heterocycles. The highest BCUT2D eigenvalue weighted by Gasteiger charge is 2.14. The summed E-state index contributed by atoms with van der Waals surface area (Å²) in [5.41, 5.74) is 5.03. The van der Waals surface area contributed by atoms with E-state index in [9.17, 15) is 0 Å². The Balaban J connectivity index is 1.79. The number of hydrogen-bond acceptors (Lipinski definition) is 5. The van der Waals surface area contributed by atoms with Crippen molar-refractivity contribution in [3.8, 4) is 10.6 Å². The quantitative estimate of drug-likeness (QED) is 0.416. The molecule has 4 nitrogen and oxygen atoms in total. The van der Waals surface area contributed by atoms with E-state index in [4.69, 9.17) is 4.98 Å². The van der Waals surface area contributed by atoms with E-state index >= 15 is 0 Å². The van der Waals surface area contributed by atoms with Gasteiger partial charge in [-0.05, 0) is 36.6 Å². The van der Waals surface area contributed by atoms with Crippen LogP contribution in [0.2, 0.25) is 0 Å². The summed E-state index contributed by atoms with van der Waals surface area (Å²) in [5, 5.41) is 9.98. The molecular weight excluding hydrogens is 316 g/mol. The lowest BCUT2D eigenvalue weighted by molar-refractivity contribution is 1.05. The predicted octanol–water partition coefficient (Wildman–Crippen LogP) is 4.76. The number of rotatable bonds is 1. The molecule has 0 N–H and O–H groups in total. The van der Waals surface area contributed by atoms with Gasteiger partial charge in [-0.15, -0.1) is 21.5 Å². The smallest absolute Gasteiger partial charge is 0.201 e. The predicted molar refractivity (Wildman–Crippen MR) is 98.2 cm³/mol. The molecule has 0 radical (unpaired) electrons. The van der Waals surface area contributed by atoms with Gasteiger partial charge in [0.25, 0.3) is 0 Å². The molecule has 2 aromatic carbocycles. The summed E-state index contributed by atoms with van der Waals surface area (Å²) in [7, 11) is 0. The summed E-state index contributed by atoms with van der Waals surface area (Å²) < 4.78 is 1.25. The molecule has 0 fully saturated rings. The van der Waals surface area contributed by atoms with Gasteiger partial charge < -0.3 is 0 Å². The Bertz CT molecular complexity index is 1190. The molecule has 0 amide bonds. The summed E-state index contributed by atoms with van der Waals surface area (Å²) in [6.07, 6.45) is 0. The number of fused-ring (bicyclic) bond motifs is 3. The number of hydrogen-bond donors (Lipinski definition) is 0. The highest BCUT2D eigenvalue weighted by Crippen LogP contribution is 2.35. The Hall–Kier alpha value is -2.92. The van der Waals surface area contributed by atoms with E-state index in [1.54, 1.807) is 11.3 Å². The van der Waals surface area contributed by atoms with E-state index in [1.807, 2.05) is 31.2 Å². The Kier molecular flexibility index (Phi) is 2.84. The van der Waals surface area contributed by atoms with E-state index in [1.165, 1.54) is 10.1 Å². The minimum atomic E-state index is 0.594. The summed E-state index contributed by atoms with van der Waals surface area (Å²) >= 11 is 1.73. The van der Waals surface area contributed by atoms with Crippen LogP contribution < -0.4 is 0 Å². The van der Waals surface area contributed by atoms with Crippen molar-refractivity contribution < 1.29 is 0 Å². The first-order valence-electron chi connectivity index (χ1n) is 7.68. The summed E-state index contributed by atoms with van der Waals surface area (Å²) in [6, 6.07) is 18.4. The summed E-state index contributed by atoms with van der Waals surface area (Å²) in [6.45, 7) is 2.04. The molecule has 0 atom stereocenters. The number of aryl methyl sites for hydroxylation is 1. The van der Waals surface area contributed by atoms with Crippen LogP contribution >= 0.6 is 11.3 Å². The molecule has 5 rings (SSSR count). The second kappa shape index (κ2) is 5.04. The zero-order chi connectivity index (χ0) is 16.1.